The maximum absolute atomic E-state index is 5.31. The second-order valence-electron chi connectivity index (χ2n) is 6.17. The lowest BCUT2D eigenvalue weighted by atomic mass is 10.1. The molecule has 0 bridgehead atoms. The highest BCUT2D eigenvalue weighted by Gasteiger charge is 2.15. The molecule has 0 amide bonds. The minimum Gasteiger partial charge on any atom is -0.361 e. The Bertz CT molecular complexity index is 1060. The van der Waals surface area contributed by atoms with Gasteiger partial charge in [-0.1, -0.05) is 11.2 Å². The molecule has 0 radical (unpaired) electrons. The summed E-state index contributed by atoms with van der Waals surface area (Å²) < 4.78 is 8.64. The third-order valence-electron chi connectivity index (χ3n) is 4.27. The van der Waals surface area contributed by atoms with Crippen LogP contribution in [-0.2, 0) is 6.54 Å². The van der Waals surface area contributed by atoms with E-state index < -0.39 is 0 Å². The van der Waals surface area contributed by atoms with Crippen molar-refractivity contribution in [3.05, 3.63) is 63.1 Å². The van der Waals surface area contributed by atoms with Gasteiger partial charge in [-0.05, 0) is 61.6 Å². The van der Waals surface area contributed by atoms with E-state index in [1.54, 1.807) is 0 Å². The van der Waals surface area contributed by atoms with E-state index in [1.807, 2.05) is 39.1 Å². The Morgan fingerprint density at radius 3 is 2.76 bits per heavy atom. The van der Waals surface area contributed by atoms with E-state index in [2.05, 4.69) is 60.6 Å². The normalized spacial score (nSPS) is 11.4. The summed E-state index contributed by atoms with van der Waals surface area (Å²) >= 11 is 2.33. The Labute approximate surface area is 159 Å². The van der Waals surface area contributed by atoms with Gasteiger partial charge < -0.3 is 9.09 Å². The Morgan fingerprint density at radius 2 is 2.04 bits per heavy atom. The van der Waals surface area contributed by atoms with Crippen LogP contribution in [0.4, 0.5) is 0 Å². The van der Waals surface area contributed by atoms with Crippen LogP contribution in [-0.4, -0.2) is 19.7 Å². The largest absolute Gasteiger partial charge is 0.361 e. The number of aryl methyl sites for hydroxylation is 3. The lowest BCUT2D eigenvalue weighted by Crippen LogP contribution is -2.01. The van der Waals surface area contributed by atoms with Crippen molar-refractivity contribution in [1.29, 1.82) is 0 Å². The summed E-state index contributed by atoms with van der Waals surface area (Å²) in [6.45, 7) is 6.61. The summed E-state index contributed by atoms with van der Waals surface area (Å²) in [7, 11) is 0. The average Bonchev–Trinajstić information content (AvgIpc) is 3.07. The molecule has 6 heteroatoms. The van der Waals surface area contributed by atoms with Crippen molar-refractivity contribution in [2.24, 2.45) is 0 Å². The highest BCUT2D eigenvalue weighted by atomic mass is 127. The van der Waals surface area contributed by atoms with Crippen LogP contribution in [0.5, 0.6) is 0 Å². The summed E-state index contributed by atoms with van der Waals surface area (Å²) in [6, 6.07) is 8.27. The van der Waals surface area contributed by atoms with Gasteiger partial charge in [-0.2, -0.15) is 0 Å². The van der Waals surface area contributed by atoms with Crippen LogP contribution in [0, 0.1) is 24.3 Å². The van der Waals surface area contributed by atoms with Crippen LogP contribution in [0.1, 0.15) is 22.8 Å². The van der Waals surface area contributed by atoms with Crippen molar-refractivity contribution in [2.45, 2.75) is 27.3 Å². The number of pyridine rings is 2. The second kappa shape index (κ2) is 6.25. The zero-order valence-corrected chi connectivity index (χ0v) is 16.4. The summed E-state index contributed by atoms with van der Waals surface area (Å²) in [5.74, 6) is 0.812. The fourth-order valence-corrected chi connectivity index (χ4v) is 3.90. The average molecular weight is 444 g/mol. The lowest BCUT2D eigenvalue weighted by Gasteiger charge is -2.07. The fourth-order valence-electron chi connectivity index (χ4n) is 3.15. The highest BCUT2D eigenvalue weighted by Crippen LogP contribution is 2.30. The molecular formula is C19H17IN4O. The van der Waals surface area contributed by atoms with Gasteiger partial charge in [-0.25, -0.2) is 0 Å². The first-order valence-electron chi connectivity index (χ1n) is 8.03. The highest BCUT2D eigenvalue weighted by molar-refractivity contribution is 14.1. The minimum atomic E-state index is 0.716. The number of halogens is 1. The molecule has 4 aromatic rings. The molecule has 5 nitrogen and oxygen atoms in total. The summed E-state index contributed by atoms with van der Waals surface area (Å²) in [4.78, 5) is 9.30. The number of nitrogens with zero attached hydrogens (tertiary/aromatic N) is 4. The second-order valence-corrected chi connectivity index (χ2v) is 7.33. The standard InChI is InChI=1S/C19H17IN4O/c1-11-5-4-6-15(22-11)9-24-10-16(20)19-17(24)7-14(8-21-19)18-12(2)23-25-13(18)3/h4-8,10H,9H2,1-3H3. The van der Waals surface area contributed by atoms with Gasteiger partial charge in [0.1, 0.15) is 11.3 Å². The molecule has 4 aromatic heterocycles. The number of aromatic nitrogens is 4. The molecular weight excluding hydrogens is 427 g/mol. The fraction of sp³-hybridized carbons (Fsp3) is 0.211. The van der Waals surface area contributed by atoms with Gasteiger partial charge in [0.2, 0.25) is 0 Å². The molecule has 126 valence electrons. The first kappa shape index (κ1) is 16.3. The SMILES string of the molecule is Cc1cccc(Cn2cc(I)c3ncc(-c4c(C)noc4C)cc32)n1. The van der Waals surface area contributed by atoms with E-state index >= 15 is 0 Å². The van der Waals surface area contributed by atoms with Crippen LogP contribution in [0.15, 0.2) is 41.2 Å². The summed E-state index contributed by atoms with van der Waals surface area (Å²) in [5, 5.41) is 4.06. The van der Waals surface area contributed by atoms with Crippen molar-refractivity contribution in [3.8, 4) is 11.1 Å². The van der Waals surface area contributed by atoms with Gasteiger partial charge in [0.25, 0.3) is 0 Å². The van der Waals surface area contributed by atoms with Crippen LogP contribution >= 0.6 is 22.6 Å². The Kier molecular flexibility index (Phi) is 4.07. The van der Waals surface area contributed by atoms with Crippen molar-refractivity contribution in [1.82, 2.24) is 19.7 Å². The summed E-state index contributed by atoms with van der Waals surface area (Å²) in [5.41, 5.74) is 7.08. The maximum Gasteiger partial charge on any atom is 0.141 e. The van der Waals surface area contributed by atoms with Gasteiger partial charge >= 0.3 is 0 Å². The molecule has 0 aromatic carbocycles. The molecule has 0 saturated carbocycles. The lowest BCUT2D eigenvalue weighted by molar-refractivity contribution is 0.393. The number of hydrogen-bond acceptors (Lipinski definition) is 4. The molecule has 0 fully saturated rings. The molecule has 0 N–H and O–H groups in total. The molecule has 0 aliphatic rings. The minimum absolute atomic E-state index is 0.716. The molecule has 0 atom stereocenters. The monoisotopic (exact) mass is 444 g/mol. The van der Waals surface area contributed by atoms with Crippen molar-refractivity contribution in [2.75, 3.05) is 0 Å². The first-order chi connectivity index (χ1) is 12.0. The van der Waals surface area contributed by atoms with Crippen LogP contribution in [0.2, 0.25) is 0 Å². The Balaban J connectivity index is 1.84. The van der Waals surface area contributed by atoms with E-state index in [4.69, 9.17) is 4.52 Å². The first-order valence-corrected chi connectivity index (χ1v) is 9.11. The molecule has 4 rings (SSSR count). The quantitative estimate of drug-likeness (QED) is 0.432. The zero-order valence-electron chi connectivity index (χ0n) is 14.2. The van der Waals surface area contributed by atoms with Gasteiger partial charge in [-0.15, -0.1) is 0 Å². The van der Waals surface area contributed by atoms with E-state index in [1.165, 1.54) is 0 Å². The predicted molar refractivity (Wildman–Crippen MR) is 105 cm³/mol. The van der Waals surface area contributed by atoms with Gasteiger partial charge in [0.15, 0.2) is 0 Å². The Morgan fingerprint density at radius 1 is 1.20 bits per heavy atom. The molecule has 25 heavy (non-hydrogen) atoms. The topological polar surface area (TPSA) is 56.7 Å². The molecule has 0 saturated heterocycles. The van der Waals surface area contributed by atoms with Gasteiger partial charge in [0.05, 0.1) is 27.0 Å². The van der Waals surface area contributed by atoms with E-state index in [0.29, 0.717) is 6.54 Å². The third-order valence-corrected chi connectivity index (χ3v) is 5.06. The van der Waals surface area contributed by atoms with E-state index in [9.17, 15) is 0 Å². The zero-order chi connectivity index (χ0) is 17.6. The molecule has 0 unspecified atom stereocenters. The predicted octanol–water partition coefficient (Wildman–Crippen LogP) is 4.66. The van der Waals surface area contributed by atoms with Crippen LogP contribution in [0.3, 0.4) is 0 Å². The molecule has 0 aliphatic heterocycles. The van der Waals surface area contributed by atoms with Gasteiger partial charge in [0, 0.05) is 29.2 Å². The molecule has 0 spiro atoms. The van der Waals surface area contributed by atoms with Crippen LogP contribution < -0.4 is 0 Å². The number of rotatable bonds is 3. The number of hydrogen-bond donors (Lipinski definition) is 0. The maximum atomic E-state index is 5.31. The van der Waals surface area contributed by atoms with Crippen molar-refractivity contribution in [3.63, 3.8) is 0 Å². The smallest absolute Gasteiger partial charge is 0.141 e. The van der Waals surface area contributed by atoms with Crippen LogP contribution in [0.25, 0.3) is 22.2 Å². The van der Waals surface area contributed by atoms with Gasteiger partial charge in [-0.3, -0.25) is 9.97 Å². The number of fused-ring (bicyclic) bond motifs is 1. The Hall–Kier alpha value is -2.22. The third kappa shape index (κ3) is 2.95. The van der Waals surface area contributed by atoms with Crippen molar-refractivity contribution < 1.29 is 4.52 Å². The molecule has 0 aliphatic carbocycles. The van der Waals surface area contributed by atoms with E-state index in [-0.39, 0.29) is 0 Å². The molecule has 4 heterocycles. The van der Waals surface area contributed by atoms with E-state index in [0.717, 1.165) is 48.6 Å². The summed E-state index contributed by atoms with van der Waals surface area (Å²) in [6.07, 6.45) is 4.02. The van der Waals surface area contributed by atoms with Crippen molar-refractivity contribution >= 4 is 33.6 Å².